The van der Waals surface area contributed by atoms with Gasteiger partial charge in [-0.15, -0.1) is 6.07 Å². The third kappa shape index (κ3) is 7.19. The number of aliphatic hydroxyl groups is 1. The predicted octanol–water partition coefficient (Wildman–Crippen LogP) is 0.469. The Morgan fingerprint density at radius 2 is 1.97 bits per heavy atom. The van der Waals surface area contributed by atoms with Gasteiger partial charge in [0.2, 0.25) is 0 Å². The molecule has 2 atom stereocenters. The average molecular weight is 649 g/mol. The van der Waals surface area contributed by atoms with Gasteiger partial charge in [0.15, 0.2) is 0 Å². The summed E-state index contributed by atoms with van der Waals surface area (Å²) in [6.45, 7) is 4.14. The minimum atomic E-state index is -1.26. The minimum absolute atomic E-state index is 0. The maximum Gasteiger partial charge on any atom is 1.00 e. The number of piperazine rings is 1. The molecule has 1 saturated heterocycles. The number of anilines is 1. The number of carbonyl (C=O) groups is 1. The zero-order valence-electron chi connectivity index (χ0n) is 21.6. The smallest absolute Gasteiger partial charge is 0.384 e. The van der Waals surface area contributed by atoms with Crippen LogP contribution in [0.25, 0.3) is 0 Å². The molecule has 10 heteroatoms. The van der Waals surface area contributed by atoms with Crippen molar-refractivity contribution in [2.75, 3.05) is 31.1 Å². The second kappa shape index (κ2) is 12.8. The molecule has 8 nitrogen and oxygen atoms in total. The van der Waals surface area contributed by atoms with Crippen molar-refractivity contribution in [3.05, 3.63) is 88.5 Å². The Labute approximate surface area is 286 Å². The third-order valence-electron chi connectivity index (χ3n) is 6.83. The van der Waals surface area contributed by atoms with Crippen LogP contribution in [0, 0.1) is 17.4 Å². The van der Waals surface area contributed by atoms with E-state index >= 15 is 0 Å². The van der Waals surface area contributed by atoms with Gasteiger partial charge in [-0.2, -0.15) is 18.2 Å². The van der Waals surface area contributed by atoms with Gasteiger partial charge in [0.05, 0.1) is 24.1 Å². The summed E-state index contributed by atoms with van der Waals surface area (Å²) in [6, 6.07) is 18.8. The fraction of sp³-hybridized carbons (Fsp3) is 0.357. The standard InChI is InChI=1S/C28H28ClN6O2.Cs/c1-28(37,26-16-31-24(15-32-26)27(36)33-22-8-9-22)18-34-12-13-35(23-10-2-19(14-30)3-11-23)25(17-34)20-4-6-21(29)7-5-20;/h2-7,10,15-16,22,25,37H,8-9,12-13,17-18H2,1H3,(H,33,36);/q-1;+1/t25-,28+;/m0./s1. The molecule has 0 spiro atoms. The summed E-state index contributed by atoms with van der Waals surface area (Å²) < 4.78 is 0. The number of carbonyl (C=O) groups excluding carboxylic acids is 1. The first-order chi connectivity index (χ1) is 17.8. The zero-order chi connectivity index (χ0) is 26.0. The van der Waals surface area contributed by atoms with E-state index in [0.29, 0.717) is 42.5 Å². The van der Waals surface area contributed by atoms with Crippen LogP contribution < -0.4 is 79.1 Å². The molecule has 1 aromatic heterocycles. The maximum absolute atomic E-state index is 12.2. The molecular formula is C28H28ClCsN6O2. The topological polar surface area (TPSA) is 105 Å². The van der Waals surface area contributed by atoms with Crippen LogP contribution in [0.3, 0.4) is 0 Å². The summed E-state index contributed by atoms with van der Waals surface area (Å²) in [4.78, 5) is 25.3. The molecule has 0 bridgehead atoms. The number of hydrogen-bond acceptors (Lipinski definition) is 7. The average Bonchev–Trinajstić information content (AvgIpc) is 3.73. The molecule has 2 aliphatic rings. The monoisotopic (exact) mass is 648 g/mol. The van der Waals surface area contributed by atoms with Crippen molar-refractivity contribution >= 4 is 23.2 Å². The van der Waals surface area contributed by atoms with Crippen LogP contribution in [-0.2, 0) is 5.60 Å². The molecule has 1 amide bonds. The molecule has 5 rings (SSSR count). The van der Waals surface area contributed by atoms with E-state index in [4.69, 9.17) is 16.9 Å². The Hall–Kier alpha value is -1.46. The normalized spacial score (nSPS) is 19.1. The van der Waals surface area contributed by atoms with Crippen LogP contribution in [0.15, 0.2) is 54.9 Å². The number of nitrogens with zero attached hydrogens (tertiary/aromatic N) is 5. The van der Waals surface area contributed by atoms with E-state index in [2.05, 4.69) is 37.2 Å². The van der Waals surface area contributed by atoms with Gasteiger partial charge in [0.25, 0.3) is 5.91 Å². The van der Waals surface area contributed by atoms with Crippen molar-refractivity contribution in [3.8, 4) is 6.07 Å². The van der Waals surface area contributed by atoms with Crippen LogP contribution in [-0.4, -0.2) is 58.1 Å². The minimum Gasteiger partial charge on any atom is -0.384 e. The van der Waals surface area contributed by atoms with E-state index < -0.39 is 5.60 Å². The van der Waals surface area contributed by atoms with Crippen LogP contribution in [0.2, 0.25) is 5.02 Å². The number of benzene rings is 2. The van der Waals surface area contributed by atoms with Crippen LogP contribution >= 0.6 is 11.6 Å². The third-order valence-corrected chi connectivity index (χ3v) is 7.09. The second-order valence-electron chi connectivity index (χ2n) is 9.88. The van der Waals surface area contributed by atoms with Crippen molar-refractivity contribution in [1.82, 2.24) is 20.2 Å². The zero-order valence-corrected chi connectivity index (χ0v) is 28.6. The van der Waals surface area contributed by atoms with Gasteiger partial charge >= 0.3 is 68.9 Å². The molecule has 2 fully saturated rings. The molecule has 1 saturated carbocycles. The Balaban J connectivity index is 0.00000336. The van der Waals surface area contributed by atoms with E-state index in [0.717, 1.165) is 24.1 Å². The quantitative estimate of drug-likeness (QED) is 0.359. The Bertz CT molecular complexity index is 1290. The first-order valence-electron chi connectivity index (χ1n) is 12.3. The van der Waals surface area contributed by atoms with Gasteiger partial charge in [0.1, 0.15) is 11.3 Å². The van der Waals surface area contributed by atoms with Crippen molar-refractivity contribution in [2.45, 2.75) is 37.5 Å². The molecule has 1 aliphatic heterocycles. The number of halogens is 1. The summed E-state index contributed by atoms with van der Waals surface area (Å²) in [5.74, 6) is -0.234. The molecule has 3 aromatic rings. The Morgan fingerprint density at radius 1 is 1.21 bits per heavy atom. The van der Waals surface area contributed by atoms with Crippen LogP contribution in [0.5, 0.6) is 0 Å². The van der Waals surface area contributed by atoms with E-state index in [9.17, 15) is 9.90 Å². The number of β-amino-alcohol motifs (C(OH)–C–C–N with tert-alkyl or cyclic N) is 1. The van der Waals surface area contributed by atoms with Crippen LogP contribution in [0.4, 0.5) is 5.69 Å². The summed E-state index contributed by atoms with van der Waals surface area (Å²) in [5, 5.41) is 24.1. The van der Waals surface area contributed by atoms with E-state index in [1.54, 1.807) is 19.1 Å². The number of amides is 1. The molecule has 190 valence electrons. The summed E-state index contributed by atoms with van der Waals surface area (Å²) in [6.07, 6.45) is 4.91. The molecule has 0 radical (unpaired) electrons. The first-order valence-corrected chi connectivity index (χ1v) is 12.7. The molecule has 2 N–H and O–H groups in total. The summed E-state index contributed by atoms with van der Waals surface area (Å²) >= 11 is 6.15. The number of nitriles is 1. The predicted molar refractivity (Wildman–Crippen MR) is 140 cm³/mol. The number of hydrogen-bond donors (Lipinski definition) is 2. The van der Waals surface area contributed by atoms with Crippen molar-refractivity contribution < 1.29 is 78.8 Å². The fourth-order valence-corrected chi connectivity index (χ4v) is 4.76. The molecular weight excluding hydrogens is 621 g/mol. The van der Waals surface area contributed by atoms with E-state index in [1.165, 1.54) is 12.4 Å². The largest absolute Gasteiger partial charge is 1.00 e. The second-order valence-corrected chi connectivity index (χ2v) is 10.3. The maximum atomic E-state index is 12.2. The Kier molecular flexibility index (Phi) is 9.95. The van der Waals surface area contributed by atoms with Gasteiger partial charge < -0.3 is 15.3 Å². The molecule has 1 aliphatic carbocycles. The SMILES string of the molecule is C[C@@](O)(CN1CCN(c2[c-]cc(C#N)cc2)[C@H](c2ccc(Cl)cc2)C1)c1cnc(C(=O)NC2CC2)cn1.[Cs+]. The molecule has 0 unspecified atom stereocenters. The molecule has 2 heterocycles. The van der Waals surface area contributed by atoms with Crippen molar-refractivity contribution in [3.63, 3.8) is 0 Å². The molecule has 2 aromatic carbocycles. The Morgan fingerprint density at radius 3 is 2.58 bits per heavy atom. The number of rotatable bonds is 7. The van der Waals surface area contributed by atoms with E-state index in [-0.39, 0.29) is 92.6 Å². The van der Waals surface area contributed by atoms with E-state index in [1.807, 2.05) is 30.3 Å². The van der Waals surface area contributed by atoms with Crippen LogP contribution in [0.1, 0.15) is 53.1 Å². The van der Waals surface area contributed by atoms with Gasteiger partial charge in [-0.25, -0.2) is 10.2 Å². The number of nitrogens with one attached hydrogen (secondary N) is 1. The number of aromatic nitrogens is 2. The fourth-order valence-electron chi connectivity index (χ4n) is 4.63. The summed E-state index contributed by atoms with van der Waals surface area (Å²) in [5.41, 5.74) is 1.99. The molecule has 38 heavy (non-hydrogen) atoms. The summed E-state index contributed by atoms with van der Waals surface area (Å²) in [7, 11) is 0. The van der Waals surface area contributed by atoms with Crippen molar-refractivity contribution in [1.29, 1.82) is 5.26 Å². The van der Waals surface area contributed by atoms with Gasteiger partial charge in [-0.3, -0.25) is 14.7 Å². The van der Waals surface area contributed by atoms with Gasteiger partial charge in [0, 0.05) is 43.3 Å². The first kappa shape index (κ1) is 29.5. The van der Waals surface area contributed by atoms with Crippen molar-refractivity contribution in [2.24, 2.45) is 0 Å². The van der Waals surface area contributed by atoms with Gasteiger partial charge in [-0.1, -0.05) is 35.0 Å². The van der Waals surface area contributed by atoms with Gasteiger partial charge in [-0.05, 0) is 37.5 Å².